The lowest BCUT2D eigenvalue weighted by molar-refractivity contribution is 0.117. The molecule has 8 heteroatoms. The molecule has 0 aliphatic carbocycles. The molecule has 94 valence electrons. The summed E-state index contributed by atoms with van der Waals surface area (Å²) >= 11 is 0. The van der Waals surface area contributed by atoms with E-state index in [-0.39, 0.29) is 23.0 Å². The maximum Gasteiger partial charge on any atom is 0.243 e. The summed E-state index contributed by atoms with van der Waals surface area (Å²) in [6.45, 7) is 2.40. The lowest BCUT2D eigenvalue weighted by Crippen LogP contribution is -2.39. The smallest absolute Gasteiger partial charge is 0.243 e. The standard InChI is InChI=1S/C9H14N4O3S/c1-6-8(2-3-16-6)13-17(14,15)7-4-11-9(10)12-5-7/h4-6,8,13H,2-3H2,1H3,(H2,10,11,12). The zero-order valence-electron chi connectivity index (χ0n) is 9.33. The quantitative estimate of drug-likeness (QED) is 0.758. The number of nitrogens with two attached hydrogens (primary N) is 1. The van der Waals surface area contributed by atoms with Crippen LogP contribution >= 0.6 is 0 Å². The lowest BCUT2D eigenvalue weighted by Gasteiger charge is -2.15. The summed E-state index contributed by atoms with van der Waals surface area (Å²) in [7, 11) is -3.60. The van der Waals surface area contributed by atoms with Crippen molar-refractivity contribution in [1.82, 2.24) is 14.7 Å². The van der Waals surface area contributed by atoms with Crippen molar-refractivity contribution in [2.45, 2.75) is 30.4 Å². The molecule has 2 atom stereocenters. The van der Waals surface area contributed by atoms with Gasteiger partial charge in [-0.3, -0.25) is 0 Å². The molecule has 1 fully saturated rings. The van der Waals surface area contributed by atoms with E-state index in [0.717, 1.165) is 0 Å². The van der Waals surface area contributed by atoms with Gasteiger partial charge in [-0.2, -0.15) is 0 Å². The molecule has 0 saturated carbocycles. The molecule has 1 aliphatic rings. The minimum Gasteiger partial charge on any atom is -0.377 e. The van der Waals surface area contributed by atoms with Gasteiger partial charge in [-0.25, -0.2) is 23.1 Å². The van der Waals surface area contributed by atoms with Gasteiger partial charge >= 0.3 is 0 Å². The largest absolute Gasteiger partial charge is 0.377 e. The fourth-order valence-corrected chi connectivity index (χ4v) is 2.85. The second-order valence-corrected chi connectivity index (χ2v) is 5.58. The third-order valence-corrected chi connectivity index (χ3v) is 4.09. The van der Waals surface area contributed by atoms with Crippen molar-refractivity contribution in [2.75, 3.05) is 12.3 Å². The van der Waals surface area contributed by atoms with Crippen molar-refractivity contribution in [2.24, 2.45) is 0 Å². The van der Waals surface area contributed by atoms with Crippen molar-refractivity contribution in [3.05, 3.63) is 12.4 Å². The van der Waals surface area contributed by atoms with Crippen LogP contribution in [0.1, 0.15) is 13.3 Å². The van der Waals surface area contributed by atoms with Gasteiger partial charge in [0.2, 0.25) is 16.0 Å². The maximum absolute atomic E-state index is 12.0. The highest BCUT2D eigenvalue weighted by molar-refractivity contribution is 7.89. The number of sulfonamides is 1. The first-order chi connectivity index (χ1) is 7.99. The molecule has 1 aliphatic heterocycles. The Labute approximate surface area is 99.5 Å². The zero-order valence-corrected chi connectivity index (χ0v) is 10.1. The first-order valence-corrected chi connectivity index (χ1v) is 6.69. The number of nitrogen functional groups attached to an aromatic ring is 1. The monoisotopic (exact) mass is 258 g/mol. The van der Waals surface area contributed by atoms with Crippen LogP contribution < -0.4 is 10.5 Å². The Morgan fingerprint density at radius 3 is 2.65 bits per heavy atom. The van der Waals surface area contributed by atoms with Gasteiger partial charge in [-0.1, -0.05) is 0 Å². The van der Waals surface area contributed by atoms with E-state index in [0.29, 0.717) is 13.0 Å². The molecular weight excluding hydrogens is 244 g/mol. The van der Waals surface area contributed by atoms with Crippen molar-refractivity contribution >= 4 is 16.0 Å². The molecule has 2 unspecified atom stereocenters. The Balaban J connectivity index is 2.16. The topological polar surface area (TPSA) is 107 Å². The van der Waals surface area contributed by atoms with Gasteiger partial charge in [0.25, 0.3) is 0 Å². The van der Waals surface area contributed by atoms with Crippen LogP contribution in [0, 0.1) is 0 Å². The molecule has 0 aromatic carbocycles. The fourth-order valence-electron chi connectivity index (χ4n) is 1.62. The van der Waals surface area contributed by atoms with Crippen LogP contribution in [0.25, 0.3) is 0 Å². The minimum absolute atomic E-state index is 0.00537. The number of rotatable bonds is 3. The van der Waals surface area contributed by atoms with E-state index in [1.54, 1.807) is 0 Å². The van der Waals surface area contributed by atoms with Gasteiger partial charge in [-0.15, -0.1) is 0 Å². The van der Waals surface area contributed by atoms with E-state index in [4.69, 9.17) is 10.5 Å². The lowest BCUT2D eigenvalue weighted by atomic mass is 10.2. The molecule has 7 nitrogen and oxygen atoms in total. The third-order valence-electron chi connectivity index (χ3n) is 2.64. The molecule has 0 bridgehead atoms. The first-order valence-electron chi connectivity index (χ1n) is 5.20. The Hall–Kier alpha value is -1.25. The third kappa shape index (κ3) is 2.71. The molecule has 0 radical (unpaired) electrons. The first kappa shape index (κ1) is 12.2. The maximum atomic E-state index is 12.0. The summed E-state index contributed by atoms with van der Waals surface area (Å²) in [6, 6.07) is -0.211. The number of nitrogens with zero attached hydrogens (tertiary/aromatic N) is 2. The van der Waals surface area contributed by atoms with E-state index in [2.05, 4.69) is 14.7 Å². The summed E-state index contributed by atoms with van der Waals surface area (Å²) in [6.07, 6.45) is 2.91. The van der Waals surface area contributed by atoms with Crippen LogP contribution in [0.4, 0.5) is 5.95 Å². The van der Waals surface area contributed by atoms with E-state index < -0.39 is 10.0 Å². The molecule has 17 heavy (non-hydrogen) atoms. The highest BCUT2D eigenvalue weighted by Crippen LogP contribution is 2.16. The molecular formula is C9H14N4O3S. The number of anilines is 1. The van der Waals surface area contributed by atoms with Crippen molar-refractivity contribution < 1.29 is 13.2 Å². The van der Waals surface area contributed by atoms with Crippen LogP contribution in [0.2, 0.25) is 0 Å². The van der Waals surface area contributed by atoms with E-state index in [9.17, 15) is 8.42 Å². The Morgan fingerprint density at radius 1 is 1.47 bits per heavy atom. The summed E-state index contributed by atoms with van der Waals surface area (Å²) in [4.78, 5) is 7.32. The SMILES string of the molecule is CC1OCCC1NS(=O)(=O)c1cnc(N)nc1. The predicted molar refractivity (Wildman–Crippen MR) is 60.6 cm³/mol. The summed E-state index contributed by atoms with van der Waals surface area (Å²) in [5.74, 6) is 0.0431. The molecule has 1 aromatic rings. The number of hydrogen-bond acceptors (Lipinski definition) is 6. The molecule has 0 amide bonds. The molecule has 2 heterocycles. The van der Waals surface area contributed by atoms with Gasteiger partial charge in [0, 0.05) is 6.61 Å². The Kier molecular flexibility index (Phi) is 3.27. The average molecular weight is 258 g/mol. The van der Waals surface area contributed by atoms with Gasteiger partial charge in [0.15, 0.2) is 0 Å². The van der Waals surface area contributed by atoms with Gasteiger partial charge in [0.05, 0.1) is 24.5 Å². The zero-order chi connectivity index (χ0) is 12.5. The number of nitrogens with one attached hydrogen (secondary N) is 1. The van der Waals surface area contributed by atoms with Crippen molar-refractivity contribution in [1.29, 1.82) is 0 Å². The van der Waals surface area contributed by atoms with Crippen LogP contribution in [0.5, 0.6) is 0 Å². The van der Waals surface area contributed by atoms with Crippen LogP contribution in [-0.4, -0.2) is 37.1 Å². The van der Waals surface area contributed by atoms with Gasteiger partial charge < -0.3 is 10.5 Å². The van der Waals surface area contributed by atoms with Gasteiger partial charge in [-0.05, 0) is 13.3 Å². The summed E-state index contributed by atoms with van der Waals surface area (Å²) < 4.78 is 31.8. The molecule has 0 spiro atoms. The molecule has 1 saturated heterocycles. The normalized spacial score (nSPS) is 25.0. The average Bonchev–Trinajstić information content (AvgIpc) is 2.64. The Bertz CT molecular complexity index is 487. The minimum atomic E-state index is -3.60. The van der Waals surface area contributed by atoms with E-state index in [1.165, 1.54) is 12.4 Å². The van der Waals surface area contributed by atoms with Gasteiger partial charge in [0.1, 0.15) is 4.90 Å². The molecule has 3 N–H and O–H groups in total. The predicted octanol–water partition coefficient (Wildman–Crippen LogP) is -0.485. The number of hydrogen-bond donors (Lipinski definition) is 2. The number of aromatic nitrogens is 2. The summed E-state index contributed by atoms with van der Waals surface area (Å²) in [5, 5.41) is 0. The van der Waals surface area contributed by atoms with Crippen molar-refractivity contribution in [3.8, 4) is 0 Å². The molecule has 1 aromatic heterocycles. The second-order valence-electron chi connectivity index (χ2n) is 3.87. The highest BCUT2D eigenvalue weighted by Gasteiger charge is 2.29. The van der Waals surface area contributed by atoms with E-state index >= 15 is 0 Å². The number of ether oxygens (including phenoxy) is 1. The van der Waals surface area contributed by atoms with Crippen LogP contribution in [-0.2, 0) is 14.8 Å². The Morgan fingerprint density at radius 2 is 2.12 bits per heavy atom. The van der Waals surface area contributed by atoms with E-state index in [1.807, 2.05) is 6.92 Å². The molecule has 2 rings (SSSR count). The fraction of sp³-hybridized carbons (Fsp3) is 0.556. The van der Waals surface area contributed by atoms with Crippen LogP contribution in [0.15, 0.2) is 17.3 Å². The summed E-state index contributed by atoms with van der Waals surface area (Å²) in [5.41, 5.74) is 5.30. The highest BCUT2D eigenvalue weighted by atomic mass is 32.2. The van der Waals surface area contributed by atoms with Crippen molar-refractivity contribution in [3.63, 3.8) is 0 Å². The second kappa shape index (κ2) is 4.55. The van der Waals surface area contributed by atoms with Crippen LogP contribution in [0.3, 0.4) is 0 Å².